The minimum absolute atomic E-state index is 0.0157. The summed E-state index contributed by atoms with van der Waals surface area (Å²) < 4.78 is 93.7. The molecule has 1 aliphatic heterocycles. The molecule has 1 aromatic heterocycles. The lowest BCUT2D eigenvalue weighted by molar-refractivity contribution is -0.288. The lowest BCUT2D eigenvalue weighted by atomic mass is 9.67. The van der Waals surface area contributed by atoms with Crippen LogP contribution in [0.1, 0.15) is 134 Å². The third-order valence-corrected chi connectivity index (χ3v) is 14.9. The van der Waals surface area contributed by atoms with Crippen molar-refractivity contribution in [2.24, 2.45) is 0 Å². The van der Waals surface area contributed by atoms with E-state index in [0.717, 1.165) is 57.7 Å². The second-order valence-electron chi connectivity index (χ2n) is 19.2. The Labute approximate surface area is 429 Å². The molecule has 10 rings (SSSR count). The van der Waals surface area contributed by atoms with E-state index >= 15 is 26.3 Å². The van der Waals surface area contributed by atoms with E-state index < -0.39 is 92.0 Å². The average molecular weight is 1030 g/mol. The summed E-state index contributed by atoms with van der Waals surface area (Å²) in [6.07, 6.45) is -12.2. The number of amides is 2. The number of benzene rings is 7. The van der Waals surface area contributed by atoms with Gasteiger partial charge in [-0.25, -0.2) is 4.90 Å². The fourth-order valence-electron chi connectivity index (χ4n) is 11.5. The maximum absolute atomic E-state index is 15.5. The topological polar surface area (TPSA) is 151 Å². The number of carbonyl (C=O) groups is 6. The van der Waals surface area contributed by atoms with E-state index in [1.807, 2.05) is 54.6 Å². The van der Waals surface area contributed by atoms with E-state index in [1.165, 1.54) is 26.0 Å². The van der Waals surface area contributed by atoms with Crippen molar-refractivity contribution in [2.75, 3.05) is 4.90 Å². The van der Waals surface area contributed by atoms with Gasteiger partial charge in [0.05, 0.1) is 27.9 Å². The molecular weight excluding hydrogens is 991 g/mol. The van der Waals surface area contributed by atoms with Gasteiger partial charge in [-0.3, -0.25) is 33.3 Å². The monoisotopic (exact) mass is 1030 g/mol. The highest BCUT2D eigenvalue weighted by Crippen LogP contribution is 2.59. The van der Waals surface area contributed by atoms with E-state index in [9.17, 15) is 39.0 Å². The van der Waals surface area contributed by atoms with Crippen LogP contribution < -0.4 is 4.90 Å². The highest BCUT2D eigenvalue weighted by Gasteiger charge is 2.72. The second-order valence-corrected chi connectivity index (χ2v) is 19.2. The first-order valence-electron chi connectivity index (χ1n) is 23.7. The lowest BCUT2D eigenvalue weighted by Gasteiger charge is -2.38. The van der Waals surface area contributed by atoms with Gasteiger partial charge in [0.2, 0.25) is 17.2 Å². The third-order valence-electron chi connectivity index (χ3n) is 14.9. The molecule has 0 saturated heterocycles. The highest BCUT2D eigenvalue weighted by atomic mass is 19.4. The first kappa shape index (κ1) is 50.6. The van der Waals surface area contributed by atoms with Gasteiger partial charge in [-0.15, -0.1) is 0 Å². The zero-order chi connectivity index (χ0) is 54.9. The van der Waals surface area contributed by atoms with Crippen LogP contribution in [0.25, 0.3) is 27.6 Å². The quantitative estimate of drug-likeness (QED) is 0.0781. The van der Waals surface area contributed by atoms with Crippen LogP contribution >= 0.6 is 0 Å². The number of fused-ring (bicyclic) bond motifs is 5. The number of aromatic nitrogens is 1. The number of aromatic hydroxyl groups is 2. The van der Waals surface area contributed by atoms with Gasteiger partial charge in [0.25, 0.3) is 11.8 Å². The predicted molar refractivity (Wildman–Crippen MR) is 270 cm³/mol. The molecule has 7 aromatic carbocycles. The molecule has 76 heavy (non-hydrogen) atoms. The van der Waals surface area contributed by atoms with Crippen LogP contribution in [0.5, 0.6) is 11.8 Å². The molecule has 8 aromatic rings. The molecule has 0 saturated carbocycles. The van der Waals surface area contributed by atoms with Crippen molar-refractivity contribution in [1.82, 2.24) is 4.57 Å². The summed E-state index contributed by atoms with van der Waals surface area (Å²) in [6.45, 7) is 7.83. The number of hydrogen-bond acceptors (Lipinski definition) is 8. The van der Waals surface area contributed by atoms with Crippen molar-refractivity contribution >= 4 is 51.4 Å². The van der Waals surface area contributed by atoms with Gasteiger partial charge in [-0.1, -0.05) is 91.0 Å². The summed E-state index contributed by atoms with van der Waals surface area (Å²) in [5.74, 6) is -5.57. The number of anilines is 1. The Morgan fingerprint density at radius 3 is 1.34 bits per heavy atom. The predicted octanol–water partition coefficient (Wildman–Crippen LogP) is 13.0. The van der Waals surface area contributed by atoms with Crippen molar-refractivity contribution in [3.63, 3.8) is 0 Å². The molecule has 0 spiro atoms. The molecule has 2 amide bonds. The van der Waals surface area contributed by atoms with Crippen LogP contribution in [0.15, 0.2) is 133 Å². The van der Waals surface area contributed by atoms with Gasteiger partial charge in [0.15, 0.2) is 23.1 Å². The van der Waals surface area contributed by atoms with Crippen LogP contribution in [0.3, 0.4) is 0 Å². The Balaban J connectivity index is 1.12. The normalized spacial score (nSPS) is 14.0. The van der Waals surface area contributed by atoms with E-state index in [1.54, 1.807) is 44.2 Å². The Morgan fingerprint density at radius 1 is 0.461 bits per heavy atom. The molecule has 2 aliphatic rings. The largest absolute Gasteiger partial charge is 0.494 e. The number of carbonyl (C=O) groups excluding carboxylic acids is 6. The maximum Gasteiger partial charge on any atom is 0.411 e. The molecule has 0 bridgehead atoms. The number of hydrogen-bond donors (Lipinski definition) is 2. The van der Waals surface area contributed by atoms with E-state index in [2.05, 4.69) is 0 Å². The van der Waals surface area contributed by atoms with Gasteiger partial charge in [-0.2, -0.15) is 26.3 Å². The third kappa shape index (κ3) is 7.02. The number of aryl methyl sites for hydroxylation is 2. The molecule has 2 heterocycles. The molecule has 1 aliphatic carbocycles. The summed E-state index contributed by atoms with van der Waals surface area (Å²) in [5.41, 5.74) is -3.77. The summed E-state index contributed by atoms with van der Waals surface area (Å²) in [7, 11) is 0. The van der Waals surface area contributed by atoms with Crippen molar-refractivity contribution in [3.8, 4) is 28.6 Å². The van der Waals surface area contributed by atoms with E-state index in [0.29, 0.717) is 46.5 Å². The smallest absolute Gasteiger partial charge is 0.411 e. The van der Waals surface area contributed by atoms with Crippen LogP contribution in [-0.2, 0) is 10.8 Å². The van der Waals surface area contributed by atoms with Crippen molar-refractivity contribution in [1.29, 1.82) is 0 Å². The van der Waals surface area contributed by atoms with Gasteiger partial charge in [-0.05, 0) is 140 Å². The average Bonchev–Trinajstić information content (AvgIpc) is 3.90. The standard InChI is InChI=1S/C60H42F6N2O8/c1-29-23-35(17-21-51(29)67-53(73)42-20-16-38(26-46(42)54(67)74)58(59(61,62)63,60(64,65)66)37-15-19-39(31(3)69)43(25-37)32(4)70)57(49-13-9-7-11-40(49)41-12-8-10-14-50(41)57)36-18-22-52(30(2)24-36)68-55(75)47-27-44(33(5)71)45(34(6)72)28-48(47)56(68)76/h7-28,73-74H,1-6H3. The number of Topliss-reactive ketones (excluding diaryl/α,β-unsaturated/α-hetero) is 4. The number of halogens is 6. The molecule has 10 nitrogen and oxygen atoms in total. The van der Waals surface area contributed by atoms with Crippen molar-refractivity contribution < 1.29 is 65.3 Å². The minimum atomic E-state index is -6.11. The zero-order valence-corrected chi connectivity index (χ0v) is 41.2. The number of alkyl halides is 6. The summed E-state index contributed by atoms with van der Waals surface area (Å²) in [4.78, 5) is 79.1. The molecule has 2 N–H and O–H groups in total. The van der Waals surface area contributed by atoms with Gasteiger partial charge >= 0.3 is 12.4 Å². The molecule has 0 atom stereocenters. The summed E-state index contributed by atoms with van der Waals surface area (Å²) >= 11 is 0. The number of rotatable bonds is 10. The summed E-state index contributed by atoms with van der Waals surface area (Å²) in [6, 6.07) is 31.8. The van der Waals surface area contributed by atoms with Crippen molar-refractivity contribution in [2.45, 2.75) is 64.7 Å². The van der Waals surface area contributed by atoms with Crippen LogP contribution in [0.4, 0.5) is 32.0 Å². The summed E-state index contributed by atoms with van der Waals surface area (Å²) in [5, 5.41) is 22.8. The van der Waals surface area contributed by atoms with Crippen LogP contribution in [0, 0.1) is 13.8 Å². The molecule has 0 fully saturated rings. The molecule has 0 radical (unpaired) electrons. The number of imide groups is 1. The molecule has 382 valence electrons. The highest BCUT2D eigenvalue weighted by molar-refractivity contribution is 6.35. The Hall–Kier alpha value is -8.92. The van der Waals surface area contributed by atoms with E-state index in [4.69, 9.17) is 0 Å². The number of ketones is 4. The Morgan fingerprint density at radius 2 is 0.882 bits per heavy atom. The fraction of sp³-hybridized carbons (Fsp3) is 0.167. The maximum atomic E-state index is 15.5. The zero-order valence-electron chi connectivity index (χ0n) is 41.2. The first-order chi connectivity index (χ1) is 35.8. The van der Waals surface area contributed by atoms with Crippen molar-refractivity contribution in [3.05, 3.63) is 211 Å². The molecule has 0 unspecified atom stereocenters. The Bertz CT molecular complexity index is 3830. The Kier molecular flexibility index (Phi) is 11.5. The van der Waals surface area contributed by atoms with Crippen LogP contribution in [0.2, 0.25) is 0 Å². The SMILES string of the molecule is CC(=O)c1ccc(C(c2ccc3c(O)n(-c4ccc(C5(c6ccc(N7C(=O)c8cc(C(C)=O)c(C(C)=O)cc8C7=O)c(C)c6)c6ccccc6-c6ccccc65)cc4C)c(O)c3c2)(C(F)(F)F)C(F)(F)F)cc1C(C)=O. The minimum Gasteiger partial charge on any atom is -0.494 e. The van der Waals surface area contributed by atoms with Gasteiger partial charge in [0.1, 0.15) is 0 Å². The van der Waals surface area contributed by atoms with Crippen LogP contribution in [-0.4, -0.2) is 62.1 Å². The lowest BCUT2D eigenvalue weighted by Crippen LogP contribution is -2.54. The van der Waals surface area contributed by atoms with Gasteiger partial charge < -0.3 is 10.2 Å². The van der Waals surface area contributed by atoms with Gasteiger partial charge in [0, 0.05) is 33.0 Å². The van der Waals surface area contributed by atoms with E-state index in [-0.39, 0.29) is 44.6 Å². The second kappa shape index (κ2) is 17.3. The fourth-order valence-corrected chi connectivity index (χ4v) is 11.5. The molecular formula is C60H42F6N2O8. The number of nitrogens with zero attached hydrogens (tertiary/aromatic N) is 2. The first-order valence-corrected chi connectivity index (χ1v) is 23.7. The molecule has 16 heteroatoms.